The molecule has 0 aromatic heterocycles. The molecule has 1 saturated heterocycles. The molecule has 1 atom stereocenters. The predicted molar refractivity (Wildman–Crippen MR) is 79.7 cm³/mol. The summed E-state index contributed by atoms with van der Waals surface area (Å²) in [6.45, 7) is 4.07. The van der Waals surface area contributed by atoms with E-state index < -0.39 is 6.04 Å². The normalized spacial score (nSPS) is 19.5. The zero-order valence-corrected chi connectivity index (χ0v) is 12.8. The van der Waals surface area contributed by atoms with Crippen molar-refractivity contribution in [1.29, 1.82) is 0 Å². The average Bonchev–Trinajstić information content (AvgIpc) is 2.41. The number of nitrogens with two attached hydrogens (primary N) is 1. The molecule has 1 aliphatic rings. The fourth-order valence-electron chi connectivity index (χ4n) is 2.59. The van der Waals surface area contributed by atoms with E-state index in [1.165, 1.54) is 4.90 Å². The second-order valence-corrected chi connectivity index (χ2v) is 6.30. The fraction of sp³-hybridized carbons (Fsp3) is 0.500. The van der Waals surface area contributed by atoms with Crippen molar-refractivity contribution < 1.29 is 14.3 Å². The van der Waals surface area contributed by atoms with Crippen LogP contribution in [0.3, 0.4) is 0 Å². The fourth-order valence-corrected chi connectivity index (χ4v) is 2.59. The van der Waals surface area contributed by atoms with Crippen LogP contribution in [0.1, 0.15) is 38.3 Å². The van der Waals surface area contributed by atoms with E-state index in [-0.39, 0.29) is 23.8 Å². The van der Waals surface area contributed by atoms with Crippen molar-refractivity contribution in [1.82, 2.24) is 4.90 Å². The molecule has 5 nitrogen and oxygen atoms in total. The van der Waals surface area contributed by atoms with Crippen LogP contribution in [-0.2, 0) is 9.59 Å². The van der Waals surface area contributed by atoms with E-state index in [0.717, 1.165) is 5.56 Å². The Morgan fingerprint density at radius 3 is 2.48 bits per heavy atom. The summed E-state index contributed by atoms with van der Waals surface area (Å²) in [6.07, 6.45) is 0.757. The molecule has 2 amide bonds. The zero-order valence-electron chi connectivity index (χ0n) is 12.8. The number of benzene rings is 1. The van der Waals surface area contributed by atoms with Crippen LogP contribution in [0.15, 0.2) is 24.3 Å². The number of rotatable bonds is 4. The first-order chi connectivity index (χ1) is 9.82. The summed E-state index contributed by atoms with van der Waals surface area (Å²) in [5.41, 5.74) is 6.73. The second-order valence-electron chi connectivity index (χ2n) is 6.30. The lowest BCUT2D eigenvalue weighted by Gasteiger charge is -2.35. The van der Waals surface area contributed by atoms with Gasteiger partial charge in [0, 0.05) is 25.4 Å². The van der Waals surface area contributed by atoms with Crippen molar-refractivity contribution in [2.24, 2.45) is 11.1 Å². The highest BCUT2D eigenvalue weighted by Gasteiger charge is 2.37. The minimum atomic E-state index is -0.408. The smallest absolute Gasteiger partial charge is 0.229 e. The first-order valence-corrected chi connectivity index (χ1v) is 7.05. The lowest BCUT2D eigenvalue weighted by atomic mass is 9.81. The van der Waals surface area contributed by atoms with Gasteiger partial charge in [0.05, 0.1) is 7.11 Å². The maximum absolute atomic E-state index is 12.1. The summed E-state index contributed by atoms with van der Waals surface area (Å²) in [6, 6.07) is 6.96. The van der Waals surface area contributed by atoms with Crippen LogP contribution in [-0.4, -0.2) is 30.4 Å². The largest absolute Gasteiger partial charge is 0.497 e. The number of carbonyl (C=O) groups is 2. The molecule has 1 fully saturated rings. The minimum Gasteiger partial charge on any atom is -0.497 e. The summed E-state index contributed by atoms with van der Waals surface area (Å²) < 4.78 is 5.16. The first kappa shape index (κ1) is 15.5. The topological polar surface area (TPSA) is 72.6 Å². The summed E-state index contributed by atoms with van der Waals surface area (Å²) in [5, 5.41) is 0. The van der Waals surface area contributed by atoms with Gasteiger partial charge in [-0.3, -0.25) is 14.5 Å². The minimum absolute atomic E-state index is 0.144. The molecule has 1 heterocycles. The lowest BCUT2D eigenvalue weighted by molar-refractivity contribution is -0.152. The second kappa shape index (κ2) is 5.85. The molecule has 0 saturated carbocycles. The average molecular weight is 290 g/mol. The zero-order chi connectivity index (χ0) is 15.6. The van der Waals surface area contributed by atoms with Crippen LogP contribution in [0.2, 0.25) is 0 Å². The van der Waals surface area contributed by atoms with Crippen LogP contribution >= 0.6 is 0 Å². The van der Waals surface area contributed by atoms with Gasteiger partial charge in [-0.25, -0.2) is 0 Å². The molecule has 1 unspecified atom stereocenters. The van der Waals surface area contributed by atoms with Gasteiger partial charge in [0.2, 0.25) is 11.8 Å². The summed E-state index contributed by atoms with van der Waals surface area (Å²) >= 11 is 0. The van der Waals surface area contributed by atoms with E-state index >= 15 is 0 Å². The van der Waals surface area contributed by atoms with Gasteiger partial charge in [-0.15, -0.1) is 0 Å². The van der Waals surface area contributed by atoms with E-state index in [1.807, 2.05) is 38.1 Å². The maximum atomic E-state index is 12.1. The van der Waals surface area contributed by atoms with Crippen LogP contribution in [0.4, 0.5) is 0 Å². The Bertz CT molecular complexity index is 534. The van der Waals surface area contributed by atoms with Gasteiger partial charge in [0.25, 0.3) is 0 Å². The van der Waals surface area contributed by atoms with E-state index in [2.05, 4.69) is 0 Å². The van der Waals surface area contributed by atoms with Crippen LogP contribution < -0.4 is 10.5 Å². The number of hydrogen-bond donors (Lipinski definition) is 1. The van der Waals surface area contributed by atoms with Crippen molar-refractivity contribution in [3.63, 3.8) is 0 Å². The number of ether oxygens (including phenoxy) is 1. The number of nitrogens with zero attached hydrogens (tertiary/aromatic N) is 1. The van der Waals surface area contributed by atoms with Gasteiger partial charge in [0.1, 0.15) is 5.75 Å². The van der Waals surface area contributed by atoms with Crippen molar-refractivity contribution in [2.45, 2.75) is 32.7 Å². The van der Waals surface area contributed by atoms with Crippen LogP contribution in [0.5, 0.6) is 5.75 Å². The Morgan fingerprint density at radius 1 is 1.29 bits per heavy atom. The first-order valence-electron chi connectivity index (χ1n) is 7.05. The number of piperidine rings is 1. The monoisotopic (exact) mass is 290 g/mol. The van der Waals surface area contributed by atoms with Crippen LogP contribution in [0.25, 0.3) is 0 Å². The van der Waals surface area contributed by atoms with E-state index in [4.69, 9.17) is 10.5 Å². The van der Waals surface area contributed by atoms with Gasteiger partial charge >= 0.3 is 0 Å². The highest BCUT2D eigenvalue weighted by Crippen LogP contribution is 2.32. The Kier molecular flexibility index (Phi) is 4.32. The van der Waals surface area contributed by atoms with Gasteiger partial charge in [-0.05, 0) is 23.1 Å². The van der Waals surface area contributed by atoms with Crippen molar-refractivity contribution in [3.8, 4) is 5.75 Å². The highest BCUT2D eigenvalue weighted by atomic mass is 16.5. The number of imide groups is 1. The molecule has 0 spiro atoms. The number of likely N-dealkylation sites (tertiary alicyclic amines) is 1. The van der Waals surface area contributed by atoms with E-state index in [1.54, 1.807) is 7.11 Å². The van der Waals surface area contributed by atoms with Crippen LogP contribution in [0, 0.1) is 5.41 Å². The molecule has 0 aliphatic carbocycles. The number of hydrogen-bond acceptors (Lipinski definition) is 4. The van der Waals surface area contributed by atoms with Crippen molar-refractivity contribution >= 4 is 11.8 Å². The third kappa shape index (κ3) is 3.61. The third-order valence-corrected chi connectivity index (χ3v) is 3.76. The van der Waals surface area contributed by atoms with Crippen molar-refractivity contribution in [2.75, 3.05) is 13.7 Å². The Balaban J connectivity index is 2.10. The van der Waals surface area contributed by atoms with Gasteiger partial charge in [0.15, 0.2) is 0 Å². The Labute approximate surface area is 125 Å². The quantitative estimate of drug-likeness (QED) is 0.859. The summed E-state index contributed by atoms with van der Waals surface area (Å²) in [7, 11) is 1.59. The molecule has 1 aromatic carbocycles. The standard InChI is InChI=1S/C16H22N2O3/c1-16(2)8-14(19)18(15(20)9-16)10-13(17)11-5-4-6-12(7-11)21-3/h4-7,13H,8-10,17H2,1-3H3. The molecule has 0 bridgehead atoms. The summed E-state index contributed by atoms with van der Waals surface area (Å²) in [5.74, 6) is 0.421. The molecule has 2 N–H and O–H groups in total. The van der Waals surface area contributed by atoms with Gasteiger partial charge in [-0.2, -0.15) is 0 Å². The molecular weight excluding hydrogens is 268 g/mol. The van der Waals surface area contributed by atoms with Gasteiger partial charge in [-0.1, -0.05) is 26.0 Å². The molecule has 21 heavy (non-hydrogen) atoms. The number of amides is 2. The SMILES string of the molecule is COc1cccc(C(N)CN2C(=O)CC(C)(C)CC2=O)c1. The predicted octanol–water partition coefficient (Wildman–Crippen LogP) is 1.87. The molecule has 0 radical (unpaired) electrons. The number of methoxy groups -OCH3 is 1. The van der Waals surface area contributed by atoms with E-state index in [0.29, 0.717) is 18.6 Å². The molecule has 5 heteroatoms. The molecule has 114 valence electrons. The summed E-state index contributed by atoms with van der Waals surface area (Å²) in [4.78, 5) is 25.6. The van der Waals surface area contributed by atoms with Gasteiger partial charge < -0.3 is 10.5 Å². The number of carbonyl (C=O) groups excluding carboxylic acids is 2. The molecule has 1 aromatic rings. The molecular formula is C16H22N2O3. The third-order valence-electron chi connectivity index (χ3n) is 3.76. The lowest BCUT2D eigenvalue weighted by Crippen LogP contribution is -2.48. The highest BCUT2D eigenvalue weighted by molar-refractivity contribution is 5.98. The Hall–Kier alpha value is -1.88. The molecule has 1 aliphatic heterocycles. The molecule has 2 rings (SSSR count). The van der Waals surface area contributed by atoms with E-state index in [9.17, 15) is 9.59 Å². The maximum Gasteiger partial charge on any atom is 0.229 e. The Morgan fingerprint density at radius 2 is 1.90 bits per heavy atom. The van der Waals surface area contributed by atoms with Crippen molar-refractivity contribution in [3.05, 3.63) is 29.8 Å².